The van der Waals surface area contributed by atoms with E-state index in [9.17, 15) is 18.0 Å². The normalized spacial score (nSPS) is 20.1. The number of likely N-dealkylation sites (tertiary alicyclic amines) is 1. The first-order chi connectivity index (χ1) is 12.7. The Balaban J connectivity index is 1.69. The maximum Gasteiger partial charge on any atom is 0.573 e. The Bertz CT molecular complexity index is 801. The molecular formula is C19H22F3N3O2. The van der Waals surface area contributed by atoms with Crippen LogP contribution < -0.4 is 4.74 Å². The van der Waals surface area contributed by atoms with Gasteiger partial charge in [-0.1, -0.05) is 12.1 Å². The van der Waals surface area contributed by atoms with Crippen LogP contribution in [0.1, 0.15) is 31.0 Å². The molecule has 1 aliphatic rings. The molecule has 5 nitrogen and oxygen atoms in total. The van der Waals surface area contributed by atoms with Gasteiger partial charge in [-0.3, -0.25) is 4.79 Å². The molecule has 0 aliphatic carbocycles. The second-order valence-corrected chi connectivity index (χ2v) is 7.19. The van der Waals surface area contributed by atoms with E-state index in [1.54, 1.807) is 24.7 Å². The zero-order valence-corrected chi connectivity index (χ0v) is 15.3. The molecule has 1 aromatic carbocycles. The highest BCUT2D eigenvalue weighted by Gasteiger charge is 2.39. The average molecular weight is 381 g/mol. The molecule has 1 saturated heterocycles. The standard InChI is InChI=1S/C19H22F3N3O2/c1-18(11-14-4-6-16(7-5-14)27-19(20,21)22)8-3-9-25(18)17(26)10-15-12-23-13-24(15)2/h4-7,12-13H,3,8-11H2,1-2H3. The summed E-state index contributed by atoms with van der Waals surface area (Å²) in [5.41, 5.74) is 1.36. The lowest BCUT2D eigenvalue weighted by molar-refractivity contribution is -0.274. The topological polar surface area (TPSA) is 47.4 Å². The maximum absolute atomic E-state index is 12.8. The number of benzene rings is 1. The second-order valence-electron chi connectivity index (χ2n) is 7.19. The molecule has 1 unspecified atom stereocenters. The summed E-state index contributed by atoms with van der Waals surface area (Å²) in [4.78, 5) is 18.7. The molecule has 3 rings (SSSR count). The average Bonchev–Trinajstić information content (AvgIpc) is 3.14. The molecule has 8 heteroatoms. The predicted octanol–water partition coefficient (Wildman–Crippen LogP) is 3.49. The van der Waals surface area contributed by atoms with E-state index in [0.29, 0.717) is 13.0 Å². The Morgan fingerprint density at radius 2 is 2.00 bits per heavy atom. The fourth-order valence-corrected chi connectivity index (χ4v) is 3.69. The summed E-state index contributed by atoms with van der Waals surface area (Å²) in [6.07, 6.45) is 1.27. The minimum absolute atomic E-state index is 0.0376. The molecule has 0 radical (unpaired) electrons. The predicted molar refractivity (Wildman–Crippen MR) is 93.1 cm³/mol. The van der Waals surface area contributed by atoms with E-state index in [2.05, 4.69) is 9.72 Å². The minimum Gasteiger partial charge on any atom is -0.406 e. The van der Waals surface area contributed by atoms with E-state index in [-0.39, 0.29) is 23.6 Å². The van der Waals surface area contributed by atoms with Gasteiger partial charge in [-0.25, -0.2) is 4.98 Å². The molecule has 0 bridgehead atoms. The summed E-state index contributed by atoms with van der Waals surface area (Å²) >= 11 is 0. The summed E-state index contributed by atoms with van der Waals surface area (Å²) in [5.74, 6) is -0.206. The highest BCUT2D eigenvalue weighted by Crippen LogP contribution is 2.33. The van der Waals surface area contributed by atoms with Crippen molar-refractivity contribution in [3.05, 3.63) is 48.0 Å². The van der Waals surface area contributed by atoms with E-state index < -0.39 is 6.36 Å². The van der Waals surface area contributed by atoms with Crippen molar-refractivity contribution in [1.29, 1.82) is 0 Å². The molecule has 146 valence electrons. The third kappa shape index (κ3) is 4.61. The van der Waals surface area contributed by atoms with Crippen molar-refractivity contribution in [2.45, 2.75) is 44.5 Å². The van der Waals surface area contributed by atoms with Gasteiger partial charge < -0.3 is 14.2 Å². The molecule has 0 saturated carbocycles. The highest BCUT2D eigenvalue weighted by atomic mass is 19.4. The first-order valence-electron chi connectivity index (χ1n) is 8.77. The zero-order chi connectivity index (χ0) is 19.7. The van der Waals surface area contributed by atoms with Crippen LogP contribution in [-0.2, 0) is 24.7 Å². The third-order valence-electron chi connectivity index (χ3n) is 5.04. The van der Waals surface area contributed by atoms with Crippen molar-refractivity contribution in [2.75, 3.05) is 6.54 Å². The molecular weight excluding hydrogens is 359 g/mol. The van der Waals surface area contributed by atoms with Crippen LogP contribution in [0.5, 0.6) is 5.75 Å². The van der Waals surface area contributed by atoms with Crippen molar-refractivity contribution < 1.29 is 22.7 Å². The highest BCUT2D eigenvalue weighted by molar-refractivity contribution is 5.79. The van der Waals surface area contributed by atoms with Gasteiger partial charge in [0.1, 0.15) is 5.75 Å². The van der Waals surface area contributed by atoms with E-state index in [1.807, 2.05) is 23.4 Å². The molecule has 0 N–H and O–H groups in total. The number of aryl methyl sites for hydroxylation is 1. The van der Waals surface area contributed by atoms with Gasteiger partial charge in [0.15, 0.2) is 0 Å². The van der Waals surface area contributed by atoms with Crippen molar-refractivity contribution >= 4 is 5.91 Å². The van der Waals surface area contributed by atoms with Crippen LogP contribution in [0.25, 0.3) is 0 Å². The van der Waals surface area contributed by atoms with Gasteiger partial charge in [-0.2, -0.15) is 0 Å². The summed E-state index contributed by atoms with van der Waals surface area (Å²) < 4.78 is 42.6. The lowest BCUT2D eigenvalue weighted by atomic mass is 9.90. The van der Waals surface area contributed by atoms with E-state index in [4.69, 9.17) is 0 Å². The summed E-state index contributed by atoms with van der Waals surface area (Å²) in [7, 11) is 1.85. The fraction of sp³-hybridized carbons (Fsp3) is 0.474. The number of rotatable bonds is 5. The van der Waals surface area contributed by atoms with Crippen molar-refractivity contribution in [1.82, 2.24) is 14.5 Å². The Morgan fingerprint density at radius 3 is 2.59 bits per heavy atom. The minimum atomic E-state index is -4.70. The van der Waals surface area contributed by atoms with E-state index in [0.717, 1.165) is 24.1 Å². The van der Waals surface area contributed by atoms with E-state index >= 15 is 0 Å². The van der Waals surface area contributed by atoms with Gasteiger partial charge in [-0.05, 0) is 43.9 Å². The fourth-order valence-electron chi connectivity index (χ4n) is 3.69. The monoisotopic (exact) mass is 381 g/mol. The SMILES string of the molecule is Cn1cncc1CC(=O)N1CCCC1(C)Cc1ccc(OC(F)(F)F)cc1. The first-order valence-corrected chi connectivity index (χ1v) is 8.77. The Morgan fingerprint density at radius 1 is 1.30 bits per heavy atom. The molecule has 1 aromatic heterocycles. The third-order valence-corrected chi connectivity index (χ3v) is 5.04. The molecule has 2 aromatic rings. The van der Waals surface area contributed by atoms with Crippen molar-refractivity contribution in [3.8, 4) is 5.75 Å². The van der Waals surface area contributed by atoms with Gasteiger partial charge >= 0.3 is 6.36 Å². The largest absolute Gasteiger partial charge is 0.573 e. The Labute approximate surface area is 155 Å². The van der Waals surface area contributed by atoms with Gasteiger partial charge in [0, 0.05) is 31.0 Å². The summed E-state index contributed by atoms with van der Waals surface area (Å²) in [5, 5.41) is 0. The van der Waals surface area contributed by atoms with Crippen molar-refractivity contribution in [3.63, 3.8) is 0 Å². The number of carbonyl (C=O) groups is 1. The first kappa shape index (κ1) is 19.3. The van der Waals surface area contributed by atoms with Gasteiger partial charge in [0.05, 0.1) is 12.7 Å². The van der Waals surface area contributed by atoms with Gasteiger partial charge in [-0.15, -0.1) is 13.2 Å². The molecule has 1 fully saturated rings. The lowest BCUT2D eigenvalue weighted by Gasteiger charge is -2.36. The van der Waals surface area contributed by atoms with Crippen LogP contribution in [-0.4, -0.2) is 38.8 Å². The molecule has 1 amide bonds. The molecule has 27 heavy (non-hydrogen) atoms. The molecule has 2 heterocycles. The van der Waals surface area contributed by atoms with Gasteiger partial charge in [0.2, 0.25) is 5.91 Å². The number of hydrogen-bond donors (Lipinski definition) is 0. The number of carbonyl (C=O) groups excluding carboxylic acids is 1. The van der Waals surface area contributed by atoms with Crippen LogP contribution in [0.3, 0.4) is 0 Å². The summed E-state index contributed by atoms with van der Waals surface area (Å²) in [6.45, 7) is 2.71. The Kier molecular flexibility index (Phi) is 5.17. The second kappa shape index (κ2) is 7.25. The number of aromatic nitrogens is 2. The maximum atomic E-state index is 12.8. The number of halogens is 3. The number of amides is 1. The van der Waals surface area contributed by atoms with Crippen LogP contribution in [0, 0.1) is 0 Å². The number of ether oxygens (including phenoxy) is 1. The zero-order valence-electron chi connectivity index (χ0n) is 15.3. The number of alkyl halides is 3. The van der Waals surface area contributed by atoms with E-state index in [1.165, 1.54) is 12.1 Å². The quantitative estimate of drug-likeness (QED) is 0.797. The van der Waals surface area contributed by atoms with Crippen LogP contribution in [0.2, 0.25) is 0 Å². The van der Waals surface area contributed by atoms with Gasteiger partial charge in [0.25, 0.3) is 0 Å². The molecule has 0 spiro atoms. The van der Waals surface area contributed by atoms with Crippen LogP contribution in [0.4, 0.5) is 13.2 Å². The van der Waals surface area contributed by atoms with Crippen molar-refractivity contribution in [2.24, 2.45) is 7.05 Å². The Hall–Kier alpha value is -2.51. The number of imidazole rings is 1. The number of hydrogen-bond acceptors (Lipinski definition) is 3. The van der Waals surface area contributed by atoms with Crippen LogP contribution >= 0.6 is 0 Å². The summed E-state index contributed by atoms with van der Waals surface area (Å²) in [6, 6.07) is 5.86. The smallest absolute Gasteiger partial charge is 0.406 e. The molecule has 1 aliphatic heterocycles. The number of nitrogens with zero attached hydrogens (tertiary/aromatic N) is 3. The lowest BCUT2D eigenvalue weighted by Crippen LogP contribution is -2.47. The van der Waals surface area contributed by atoms with Crippen LogP contribution in [0.15, 0.2) is 36.8 Å². The molecule has 1 atom stereocenters.